The van der Waals surface area contributed by atoms with E-state index < -0.39 is 32.8 Å². The Bertz CT molecular complexity index is 1930. The zero-order chi connectivity index (χ0) is 28.6. The molecule has 2 aromatic heterocycles. The molecule has 204 valence electrons. The summed E-state index contributed by atoms with van der Waals surface area (Å²) in [7, 11) is -4.99. The van der Waals surface area contributed by atoms with Gasteiger partial charge in [0.2, 0.25) is 6.04 Å². The number of aromatic nitrogens is 2. The van der Waals surface area contributed by atoms with Crippen LogP contribution in [0.25, 0.3) is 41.6 Å². The summed E-state index contributed by atoms with van der Waals surface area (Å²) in [5.74, 6) is -1.56. The van der Waals surface area contributed by atoms with E-state index in [0.717, 1.165) is 38.0 Å². The molecule has 5 rings (SSSR count). The summed E-state index contributed by atoms with van der Waals surface area (Å²) >= 11 is 2.93. The van der Waals surface area contributed by atoms with Crippen LogP contribution in [0.2, 0.25) is 0 Å². The smallest absolute Gasteiger partial charge is 0.744 e. The molecule has 10 nitrogen and oxygen atoms in total. The summed E-state index contributed by atoms with van der Waals surface area (Å²) in [6.07, 6.45) is 0. The van der Waals surface area contributed by atoms with Gasteiger partial charge in [0.1, 0.15) is 25.8 Å². The largest absolute Gasteiger partial charge is 1.00 e. The van der Waals surface area contributed by atoms with E-state index in [9.17, 15) is 22.6 Å². The van der Waals surface area contributed by atoms with E-state index in [-0.39, 0.29) is 41.9 Å². The fourth-order valence-corrected chi connectivity index (χ4v) is 6.60. The average Bonchev–Trinajstić information content (AvgIpc) is 3.51. The number of Topliss-reactive ketones (excluding diaryl/α,β-unsaturated/α-hetero) is 1. The van der Waals surface area contributed by atoms with Crippen molar-refractivity contribution in [3.63, 3.8) is 0 Å². The van der Waals surface area contributed by atoms with Crippen LogP contribution in [0.4, 0.5) is 5.69 Å². The van der Waals surface area contributed by atoms with Gasteiger partial charge < -0.3 is 9.29 Å². The van der Waals surface area contributed by atoms with Gasteiger partial charge in [0.15, 0.2) is 5.78 Å². The number of ether oxygens (including phenoxy) is 1. The first kappa shape index (κ1) is 31.0. The van der Waals surface area contributed by atoms with Crippen LogP contribution in [-0.2, 0) is 24.4 Å². The Labute approximate surface area is 265 Å². The van der Waals surface area contributed by atoms with Crippen molar-refractivity contribution in [2.24, 2.45) is 10.2 Å². The van der Waals surface area contributed by atoms with Crippen LogP contribution in [0.3, 0.4) is 0 Å². The number of aryl methyl sites for hydroxylation is 1. The van der Waals surface area contributed by atoms with Gasteiger partial charge >= 0.3 is 35.5 Å². The molecule has 41 heavy (non-hydrogen) atoms. The summed E-state index contributed by atoms with van der Waals surface area (Å²) < 4.78 is 43.0. The Hall–Kier alpha value is -2.91. The second-order valence-corrected chi connectivity index (χ2v) is 12.2. The molecule has 0 spiro atoms. The third-order valence-corrected chi connectivity index (χ3v) is 8.83. The zero-order valence-electron chi connectivity index (χ0n) is 22.4. The summed E-state index contributed by atoms with van der Waals surface area (Å²) in [6.45, 7) is 4.76. The molecule has 0 saturated carbocycles. The number of carbonyl (C=O) groups excluding carboxylic acids is 2. The van der Waals surface area contributed by atoms with Gasteiger partial charge in [0, 0.05) is 11.1 Å². The Morgan fingerprint density at radius 1 is 0.951 bits per heavy atom. The van der Waals surface area contributed by atoms with Gasteiger partial charge in [-0.3, -0.25) is 4.79 Å². The van der Waals surface area contributed by atoms with E-state index in [1.54, 1.807) is 24.3 Å². The van der Waals surface area contributed by atoms with Crippen LogP contribution in [0.5, 0.6) is 0 Å². The van der Waals surface area contributed by atoms with E-state index >= 15 is 0 Å². The molecule has 14 heteroatoms. The van der Waals surface area contributed by atoms with E-state index in [2.05, 4.69) is 21.3 Å². The van der Waals surface area contributed by atoms with E-state index in [0.29, 0.717) is 16.1 Å². The molecule has 1 atom stereocenters. The van der Waals surface area contributed by atoms with E-state index in [1.165, 1.54) is 23.5 Å². The normalized spacial score (nSPS) is 12.5. The Morgan fingerprint density at radius 3 is 2.15 bits per heavy atom. The van der Waals surface area contributed by atoms with Crippen LogP contribution >= 0.6 is 22.7 Å². The minimum Gasteiger partial charge on any atom is -0.744 e. The first-order chi connectivity index (χ1) is 19.0. The fourth-order valence-electron chi connectivity index (χ4n) is 3.90. The minimum absolute atomic E-state index is 0. The Morgan fingerprint density at radius 2 is 1.54 bits per heavy atom. The van der Waals surface area contributed by atoms with Gasteiger partial charge in [-0.2, -0.15) is 10.2 Å². The number of hydrogen-bond donors (Lipinski definition) is 0. The number of thiazole rings is 2. The van der Waals surface area contributed by atoms with Gasteiger partial charge in [-0.15, -0.1) is 22.7 Å². The number of esters is 1. The second-order valence-electron chi connectivity index (χ2n) is 8.81. The van der Waals surface area contributed by atoms with Crippen LogP contribution in [0.1, 0.15) is 19.4 Å². The molecule has 0 aliphatic rings. The topological polar surface area (TPSA) is 151 Å². The van der Waals surface area contributed by atoms with Crippen molar-refractivity contribution in [1.29, 1.82) is 0 Å². The van der Waals surface area contributed by atoms with E-state index in [1.807, 2.05) is 37.3 Å². The number of nitrogens with zero attached hydrogens (tertiary/aromatic N) is 4. The standard InChI is InChI=1S/C27H22N4O6S3.Na/c1-4-37-27(33)24(15(3)32)31-30-20-10-7-17(13-23(20)40(34,35)36)26-29-19-9-6-16(12-22(19)39-26)25-28-18-8-5-14(2)11-21(18)38-25;/h5-13,24H,4H2,1-3H3,(H,34,35,36);/q;+1/p-1. The van der Waals surface area contributed by atoms with Gasteiger partial charge in [-0.05, 0) is 74.9 Å². The molecule has 0 saturated heterocycles. The summed E-state index contributed by atoms with van der Waals surface area (Å²) in [4.78, 5) is 32.5. The van der Waals surface area contributed by atoms with Crippen molar-refractivity contribution in [3.05, 3.63) is 60.2 Å². The van der Waals surface area contributed by atoms with Crippen molar-refractivity contribution in [3.8, 4) is 21.1 Å². The molecular weight excluding hydrogens is 596 g/mol. The summed E-state index contributed by atoms with van der Waals surface area (Å²) in [5.41, 5.74) is 3.81. The molecular formula is C27H21N4NaO6S3. The first-order valence-electron chi connectivity index (χ1n) is 12.0. The predicted octanol–water partition coefficient (Wildman–Crippen LogP) is 3.06. The number of benzene rings is 3. The first-order valence-corrected chi connectivity index (χ1v) is 15.0. The monoisotopic (exact) mass is 616 g/mol. The van der Waals surface area contributed by atoms with Crippen LogP contribution < -0.4 is 29.6 Å². The van der Waals surface area contributed by atoms with Crippen LogP contribution in [0, 0.1) is 6.92 Å². The third-order valence-electron chi connectivity index (χ3n) is 5.83. The van der Waals surface area contributed by atoms with Crippen LogP contribution in [0.15, 0.2) is 69.7 Å². The number of carbonyl (C=O) groups is 2. The number of ketones is 1. The molecule has 0 N–H and O–H groups in total. The van der Waals surface area contributed by atoms with Crippen molar-refractivity contribution in [2.75, 3.05) is 6.61 Å². The molecule has 0 aliphatic carbocycles. The van der Waals surface area contributed by atoms with Gasteiger partial charge in [-0.25, -0.2) is 23.2 Å². The molecule has 0 radical (unpaired) electrons. The van der Waals surface area contributed by atoms with Crippen molar-refractivity contribution in [1.82, 2.24) is 9.97 Å². The maximum Gasteiger partial charge on any atom is 1.00 e. The molecule has 0 fully saturated rings. The zero-order valence-corrected chi connectivity index (χ0v) is 26.9. The van der Waals surface area contributed by atoms with Gasteiger partial charge in [-0.1, -0.05) is 6.07 Å². The Kier molecular flexibility index (Phi) is 9.49. The van der Waals surface area contributed by atoms with Crippen molar-refractivity contribution < 1.29 is 56.9 Å². The van der Waals surface area contributed by atoms with Crippen molar-refractivity contribution >= 4 is 70.7 Å². The quantitative estimate of drug-likeness (QED) is 0.0849. The molecule has 0 aliphatic heterocycles. The average molecular weight is 617 g/mol. The van der Waals surface area contributed by atoms with Crippen LogP contribution in [-0.4, -0.2) is 47.3 Å². The minimum atomic E-state index is -4.99. The van der Waals surface area contributed by atoms with Gasteiger partial charge in [0.05, 0.1) is 31.9 Å². The fraction of sp³-hybridized carbons (Fsp3) is 0.185. The number of azo groups is 1. The molecule has 2 heterocycles. The molecule has 1 unspecified atom stereocenters. The molecule has 3 aromatic carbocycles. The number of rotatable bonds is 8. The number of fused-ring (bicyclic) bond motifs is 2. The third kappa shape index (κ3) is 6.78. The Balaban J connectivity index is 0.00000387. The predicted molar refractivity (Wildman–Crippen MR) is 152 cm³/mol. The molecule has 0 bridgehead atoms. The molecule has 5 aromatic rings. The summed E-state index contributed by atoms with van der Waals surface area (Å²) in [5, 5.41) is 8.77. The summed E-state index contributed by atoms with van der Waals surface area (Å²) in [6, 6.07) is 14.3. The molecule has 0 amide bonds. The maximum absolute atomic E-state index is 12.1. The SMILES string of the molecule is CCOC(=O)C(N=Nc1ccc(-c2nc3ccc(-c4nc5ccc(C)cc5s4)cc3s2)cc1S(=O)(=O)[O-])C(C)=O.[Na+]. The van der Waals surface area contributed by atoms with Crippen molar-refractivity contribution in [2.45, 2.75) is 31.7 Å². The maximum atomic E-state index is 12.1. The van der Waals surface area contributed by atoms with Gasteiger partial charge in [0.25, 0.3) is 0 Å². The second kappa shape index (κ2) is 12.5. The van der Waals surface area contributed by atoms with E-state index in [4.69, 9.17) is 9.72 Å². The number of hydrogen-bond acceptors (Lipinski definition) is 12.